The van der Waals surface area contributed by atoms with Crippen molar-refractivity contribution in [3.63, 3.8) is 0 Å². The molecule has 0 saturated carbocycles. The number of carbonyl (C=O) groups excluding carboxylic acids is 1. The van der Waals surface area contributed by atoms with Crippen molar-refractivity contribution < 1.29 is 19.0 Å². The van der Waals surface area contributed by atoms with E-state index in [-0.39, 0.29) is 6.61 Å². The Morgan fingerprint density at radius 1 is 1.17 bits per heavy atom. The molecule has 0 amide bonds. The van der Waals surface area contributed by atoms with E-state index in [0.29, 0.717) is 33.8 Å². The van der Waals surface area contributed by atoms with E-state index in [0.717, 1.165) is 16.9 Å². The van der Waals surface area contributed by atoms with Crippen molar-refractivity contribution in [1.82, 2.24) is 14.9 Å². The van der Waals surface area contributed by atoms with Crippen molar-refractivity contribution >= 4 is 29.5 Å². The van der Waals surface area contributed by atoms with E-state index in [1.165, 1.54) is 11.8 Å². The standard InChI is InChI=1S/C25H23N5O4S/c1-4-33-24(31)21(13-17-5-9-20(10-6-17)34-16(2)14-26)22-15-35-25-28-27-23(30(25)29-22)18-7-11-19(32-3)12-8-18/h5-13,16H,4,15H2,1-3H3/b21-13+. The molecule has 10 heteroatoms. The molecule has 0 radical (unpaired) electrons. The van der Waals surface area contributed by atoms with Crippen molar-refractivity contribution in [2.24, 2.45) is 5.10 Å². The van der Waals surface area contributed by atoms with Gasteiger partial charge in [-0.15, -0.1) is 10.2 Å². The SMILES string of the molecule is CCOC(=O)/C(=C/c1ccc(OC(C)C#N)cc1)C1=Nn2c(nnc2-c2ccc(OC)cc2)SC1. The van der Waals surface area contributed by atoms with Crippen molar-refractivity contribution in [3.05, 3.63) is 59.7 Å². The highest BCUT2D eigenvalue weighted by Crippen LogP contribution is 2.30. The Morgan fingerprint density at radius 3 is 2.54 bits per heavy atom. The van der Waals surface area contributed by atoms with Gasteiger partial charge in [-0.05, 0) is 61.9 Å². The smallest absolute Gasteiger partial charge is 0.340 e. The minimum absolute atomic E-state index is 0.240. The van der Waals surface area contributed by atoms with Crippen LogP contribution < -0.4 is 9.47 Å². The van der Waals surface area contributed by atoms with E-state index in [2.05, 4.69) is 10.2 Å². The Kier molecular flexibility index (Phi) is 7.48. The van der Waals surface area contributed by atoms with Gasteiger partial charge in [-0.3, -0.25) is 0 Å². The minimum atomic E-state index is -0.557. The predicted octanol–water partition coefficient (Wildman–Crippen LogP) is 4.20. The van der Waals surface area contributed by atoms with Crippen molar-refractivity contribution in [2.75, 3.05) is 19.5 Å². The van der Waals surface area contributed by atoms with Crippen LogP contribution in [0.3, 0.4) is 0 Å². The molecule has 1 aromatic heterocycles. The number of nitriles is 1. The van der Waals surface area contributed by atoms with Crippen LogP contribution in [0.4, 0.5) is 0 Å². The predicted molar refractivity (Wildman–Crippen MR) is 132 cm³/mol. The summed E-state index contributed by atoms with van der Waals surface area (Å²) in [7, 11) is 1.61. The molecule has 4 rings (SSSR count). The molecule has 0 bridgehead atoms. The number of esters is 1. The lowest BCUT2D eigenvalue weighted by Crippen LogP contribution is -2.21. The monoisotopic (exact) mass is 489 g/mol. The second-order valence-electron chi connectivity index (χ2n) is 7.42. The third-order valence-electron chi connectivity index (χ3n) is 5.01. The Bertz CT molecular complexity index is 1310. The van der Waals surface area contributed by atoms with Gasteiger partial charge in [0.25, 0.3) is 0 Å². The number of aromatic nitrogens is 3. The first kappa shape index (κ1) is 24.0. The number of ether oxygens (including phenoxy) is 3. The average Bonchev–Trinajstić information content (AvgIpc) is 3.31. The number of thioether (sulfide) groups is 1. The van der Waals surface area contributed by atoms with Crippen molar-refractivity contribution in [1.29, 1.82) is 5.26 Å². The highest BCUT2D eigenvalue weighted by Gasteiger charge is 2.25. The highest BCUT2D eigenvalue weighted by molar-refractivity contribution is 7.99. The van der Waals surface area contributed by atoms with Gasteiger partial charge in [0.2, 0.25) is 5.16 Å². The van der Waals surface area contributed by atoms with Gasteiger partial charge < -0.3 is 14.2 Å². The first-order valence-electron chi connectivity index (χ1n) is 10.9. The van der Waals surface area contributed by atoms with E-state index in [9.17, 15) is 4.79 Å². The summed E-state index contributed by atoms with van der Waals surface area (Å²) in [4.78, 5) is 12.9. The fraction of sp³-hybridized carbons (Fsp3) is 0.240. The van der Waals surface area contributed by atoms with Gasteiger partial charge in [-0.1, -0.05) is 23.9 Å². The fourth-order valence-corrected chi connectivity index (χ4v) is 4.12. The molecule has 0 fully saturated rings. The van der Waals surface area contributed by atoms with Gasteiger partial charge >= 0.3 is 5.97 Å². The number of hydrogen-bond donors (Lipinski definition) is 0. The maximum atomic E-state index is 12.9. The van der Waals surface area contributed by atoms with Crippen LogP contribution in [0.5, 0.6) is 11.5 Å². The summed E-state index contributed by atoms with van der Waals surface area (Å²) in [6.07, 6.45) is 1.18. The first-order valence-corrected chi connectivity index (χ1v) is 11.9. The molecular formula is C25H23N5O4S. The van der Waals surface area contributed by atoms with Gasteiger partial charge in [0, 0.05) is 11.3 Å². The van der Waals surface area contributed by atoms with Gasteiger partial charge in [0.1, 0.15) is 17.6 Å². The molecule has 0 saturated heterocycles. The lowest BCUT2D eigenvalue weighted by atomic mass is 10.1. The molecular weight excluding hydrogens is 466 g/mol. The topological polar surface area (TPSA) is 112 Å². The zero-order valence-electron chi connectivity index (χ0n) is 19.5. The Hall–Kier alpha value is -4.10. The Labute approximate surface area is 207 Å². The molecule has 1 aliphatic heterocycles. The number of nitrogens with zero attached hydrogens (tertiary/aromatic N) is 5. The van der Waals surface area contributed by atoms with Crippen LogP contribution in [0.15, 0.2) is 64.4 Å². The Morgan fingerprint density at radius 2 is 1.89 bits per heavy atom. The zero-order chi connectivity index (χ0) is 24.8. The second kappa shape index (κ2) is 10.9. The number of rotatable bonds is 8. The molecule has 1 atom stereocenters. The maximum absolute atomic E-state index is 12.9. The first-order chi connectivity index (χ1) is 17.0. The molecule has 0 spiro atoms. The van der Waals surface area contributed by atoms with E-state index in [1.54, 1.807) is 43.8 Å². The number of hydrogen-bond acceptors (Lipinski definition) is 9. The fourth-order valence-electron chi connectivity index (χ4n) is 3.29. The third-order valence-corrected chi connectivity index (χ3v) is 5.94. The normalized spacial score (nSPS) is 13.8. The molecule has 35 heavy (non-hydrogen) atoms. The summed E-state index contributed by atoms with van der Waals surface area (Å²) in [6.45, 7) is 3.67. The average molecular weight is 490 g/mol. The van der Waals surface area contributed by atoms with E-state index in [4.69, 9.17) is 24.6 Å². The summed E-state index contributed by atoms with van der Waals surface area (Å²) in [5.41, 5.74) is 2.48. The van der Waals surface area contributed by atoms with E-state index < -0.39 is 12.1 Å². The van der Waals surface area contributed by atoms with Crippen LogP contribution >= 0.6 is 11.8 Å². The number of benzene rings is 2. The van der Waals surface area contributed by atoms with Gasteiger partial charge in [0.05, 0.1) is 25.0 Å². The van der Waals surface area contributed by atoms with Crippen molar-refractivity contribution in [2.45, 2.75) is 25.1 Å². The second-order valence-corrected chi connectivity index (χ2v) is 8.36. The summed E-state index contributed by atoms with van der Waals surface area (Å²) in [5, 5.41) is 22.8. The molecule has 2 heterocycles. The molecule has 1 aliphatic rings. The van der Waals surface area contributed by atoms with Crippen LogP contribution in [0.25, 0.3) is 17.5 Å². The quantitative estimate of drug-likeness (QED) is 0.342. The van der Waals surface area contributed by atoms with Gasteiger partial charge in [-0.25, -0.2) is 4.79 Å². The van der Waals surface area contributed by atoms with Crippen LogP contribution in [0, 0.1) is 11.3 Å². The summed E-state index contributed by atoms with van der Waals surface area (Å²) in [5.74, 6) is 1.83. The largest absolute Gasteiger partial charge is 0.497 e. The van der Waals surface area contributed by atoms with Crippen LogP contribution in [-0.4, -0.2) is 52.1 Å². The zero-order valence-corrected chi connectivity index (χ0v) is 20.3. The number of methoxy groups -OCH3 is 1. The maximum Gasteiger partial charge on any atom is 0.340 e. The lowest BCUT2D eigenvalue weighted by molar-refractivity contribution is -0.137. The van der Waals surface area contributed by atoms with Crippen molar-refractivity contribution in [3.8, 4) is 29.0 Å². The molecule has 0 aliphatic carbocycles. The molecule has 178 valence electrons. The van der Waals surface area contributed by atoms with Gasteiger partial charge in [-0.2, -0.15) is 15.0 Å². The van der Waals surface area contributed by atoms with Gasteiger partial charge in [0.15, 0.2) is 11.9 Å². The summed E-state index contributed by atoms with van der Waals surface area (Å²) < 4.78 is 17.7. The molecule has 0 N–H and O–H groups in total. The van der Waals surface area contributed by atoms with Crippen LogP contribution in [0.1, 0.15) is 19.4 Å². The number of carbonyl (C=O) groups is 1. The van der Waals surface area contributed by atoms with E-state index in [1.807, 2.05) is 42.5 Å². The lowest BCUT2D eigenvalue weighted by Gasteiger charge is -2.16. The molecule has 3 aromatic rings. The molecule has 9 nitrogen and oxygen atoms in total. The highest BCUT2D eigenvalue weighted by atomic mass is 32.2. The minimum Gasteiger partial charge on any atom is -0.497 e. The summed E-state index contributed by atoms with van der Waals surface area (Å²) in [6, 6.07) is 16.6. The van der Waals surface area contributed by atoms with E-state index >= 15 is 0 Å². The summed E-state index contributed by atoms with van der Waals surface area (Å²) >= 11 is 1.44. The van der Waals surface area contributed by atoms with Crippen LogP contribution in [-0.2, 0) is 9.53 Å². The third kappa shape index (κ3) is 5.53. The Balaban J connectivity index is 1.69. The molecule has 2 aromatic carbocycles. The number of fused-ring (bicyclic) bond motifs is 1. The van der Waals surface area contributed by atoms with Crippen LogP contribution in [0.2, 0.25) is 0 Å². The molecule has 1 unspecified atom stereocenters.